The zero-order valence-electron chi connectivity index (χ0n) is 17.0. The molecule has 0 spiro atoms. The van der Waals surface area contributed by atoms with E-state index in [1.807, 2.05) is 32.0 Å². The Labute approximate surface area is 187 Å². The fraction of sp³-hybridized carbons (Fsp3) is 0.650. The van der Waals surface area contributed by atoms with Crippen LogP contribution in [0.1, 0.15) is 43.7 Å². The van der Waals surface area contributed by atoms with E-state index >= 15 is 0 Å². The minimum absolute atomic E-state index is 0. The Hall–Kier alpha value is -1.23. The Bertz CT molecular complexity index is 636. The summed E-state index contributed by atoms with van der Waals surface area (Å²) in [5, 5.41) is 6.21. The van der Waals surface area contributed by atoms with Crippen LogP contribution in [0.5, 0.6) is 5.75 Å². The number of guanidine groups is 1. The third kappa shape index (κ3) is 10.4. The summed E-state index contributed by atoms with van der Waals surface area (Å²) in [6.07, 6.45) is -3.37. The lowest BCUT2D eigenvalue weighted by atomic mass is 10.1. The lowest BCUT2D eigenvalue weighted by Gasteiger charge is -2.16. The number of hydrogen-bond acceptors (Lipinski definition) is 3. The molecule has 1 atom stereocenters. The molecule has 0 bridgehead atoms. The number of unbranched alkanes of at least 4 members (excludes halogenated alkanes) is 1. The van der Waals surface area contributed by atoms with Crippen LogP contribution in [0.4, 0.5) is 13.2 Å². The molecule has 1 saturated heterocycles. The minimum atomic E-state index is -4.09. The number of nitrogens with one attached hydrogen (secondary N) is 2. The Morgan fingerprint density at radius 2 is 2.07 bits per heavy atom. The molecular formula is C20H31F3IN3O2. The number of aryl methyl sites for hydroxylation is 1. The predicted octanol–water partition coefficient (Wildman–Crippen LogP) is 4.57. The Morgan fingerprint density at radius 1 is 1.28 bits per heavy atom. The number of aliphatic imine (C=N–C) groups is 1. The van der Waals surface area contributed by atoms with Gasteiger partial charge in [0.1, 0.15) is 11.9 Å². The second kappa shape index (κ2) is 13.1. The highest BCUT2D eigenvalue weighted by Crippen LogP contribution is 2.24. The van der Waals surface area contributed by atoms with Crippen LogP contribution in [-0.4, -0.2) is 44.5 Å². The van der Waals surface area contributed by atoms with Gasteiger partial charge in [0, 0.05) is 31.5 Å². The molecule has 2 rings (SSSR count). The van der Waals surface area contributed by atoms with Gasteiger partial charge in [0.15, 0.2) is 5.96 Å². The van der Waals surface area contributed by atoms with Crippen molar-refractivity contribution >= 4 is 29.9 Å². The van der Waals surface area contributed by atoms with E-state index in [0.29, 0.717) is 45.2 Å². The van der Waals surface area contributed by atoms with Crippen molar-refractivity contribution in [3.8, 4) is 5.75 Å². The van der Waals surface area contributed by atoms with Crippen LogP contribution < -0.4 is 15.4 Å². The smallest absolute Gasteiger partial charge is 0.389 e. The maximum Gasteiger partial charge on any atom is 0.389 e. The van der Waals surface area contributed by atoms with Gasteiger partial charge in [-0.3, -0.25) is 0 Å². The SMILES string of the molecule is CCNC(=NCc1ccc(C)cc1OC1CCOC1)NCCCCC(F)(F)F.I. The monoisotopic (exact) mass is 529 g/mol. The van der Waals surface area contributed by atoms with Crippen LogP contribution in [0.25, 0.3) is 0 Å². The molecule has 0 aliphatic carbocycles. The van der Waals surface area contributed by atoms with Crippen molar-refractivity contribution < 1.29 is 22.6 Å². The molecule has 0 amide bonds. The second-order valence-corrected chi connectivity index (χ2v) is 6.91. The molecule has 1 aromatic rings. The summed E-state index contributed by atoms with van der Waals surface area (Å²) < 4.78 is 48.1. The third-order valence-corrected chi connectivity index (χ3v) is 4.34. The second-order valence-electron chi connectivity index (χ2n) is 6.91. The van der Waals surface area contributed by atoms with Crippen molar-refractivity contribution in [2.45, 2.75) is 58.4 Å². The van der Waals surface area contributed by atoms with E-state index in [-0.39, 0.29) is 36.5 Å². The van der Waals surface area contributed by atoms with Crippen LogP contribution in [-0.2, 0) is 11.3 Å². The maximum atomic E-state index is 12.2. The number of rotatable bonds is 9. The van der Waals surface area contributed by atoms with Gasteiger partial charge in [-0.25, -0.2) is 4.99 Å². The first kappa shape index (κ1) is 25.8. The van der Waals surface area contributed by atoms with E-state index in [9.17, 15) is 13.2 Å². The summed E-state index contributed by atoms with van der Waals surface area (Å²) in [6, 6.07) is 6.01. The first-order chi connectivity index (χ1) is 13.4. The number of alkyl halides is 3. The average Bonchev–Trinajstić information content (AvgIpc) is 3.12. The fourth-order valence-corrected chi connectivity index (χ4v) is 2.85. The molecule has 1 aromatic carbocycles. The zero-order valence-corrected chi connectivity index (χ0v) is 19.3. The van der Waals surface area contributed by atoms with Crippen molar-refractivity contribution in [2.24, 2.45) is 4.99 Å². The molecule has 1 aliphatic rings. The molecule has 1 unspecified atom stereocenters. The van der Waals surface area contributed by atoms with Crippen molar-refractivity contribution in [3.05, 3.63) is 29.3 Å². The number of nitrogens with zero attached hydrogens (tertiary/aromatic N) is 1. The molecule has 29 heavy (non-hydrogen) atoms. The van der Waals surface area contributed by atoms with Gasteiger partial charge in [-0.2, -0.15) is 13.2 Å². The zero-order chi connectivity index (χ0) is 20.4. The molecule has 1 fully saturated rings. The number of benzene rings is 1. The van der Waals surface area contributed by atoms with Crippen LogP contribution >= 0.6 is 24.0 Å². The Balaban J connectivity index is 0.00000420. The van der Waals surface area contributed by atoms with Crippen LogP contribution in [0.2, 0.25) is 0 Å². The average molecular weight is 529 g/mol. The molecule has 0 aromatic heterocycles. The minimum Gasteiger partial charge on any atom is -0.488 e. The highest BCUT2D eigenvalue weighted by atomic mass is 127. The van der Waals surface area contributed by atoms with Crippen molar-refractivity contribution in [2.75, 3.05) is 26.3 Å². The number of halogens is 4. The highest BCUT2D eigenvalue weighted by molar-refractivity contribution is 14.0. The van der Waals surface area contributed by atoms with E-state index in [1.54, 1.807) is 0 Å². The standard InChI is InChI=1S/C20H30F3N3O2.HI/c1-3-24-19(25-10-5-4-9-20(21,22)23)26-13-16-7-6-15(2)12-18(16)28-17-8-11-27-14-17;/h6-7,12,17H,3-5,8-11,13-14H2,1-2H3,(H2,24,25,26);1H. The largest absolute Gasteiger partial charge is 0.488 e. The topological polar surface area (TPSA) is 54.9 Å². The summed E-state index contributed by atoms with van der Waals surface area (Å²) >= 11 is 0. The summed E-state index contributed by atoms with van der Waals surface area (Å²) in [6.45, 7) is 6.80. The van der Waals surface area contributed by atoms with Gasteiger partial charge < -0.3 is 20.1 Å². The van der Waals surface area contributed by atoms with Crippen molar-refractivity contribution in [1.82, 2.24) is 10.6 Å². The van der Waals surface area contributed by atoms with Gasteiger partial charge in [-0.1, -0.05) is 12.1 Å². The summed E-state index contributed by atoms with van der Waals surface area (Å²) in [5.74, 6) is 1.39. The van der Waals surface area contributed by atoms with Crippen LogP contribution in [0.15, 0.2) is 23.2 Å². The molecule has 0 radical (unpaired) electrons. The molecule has 2 N–H and O–H groups in total. The van der Waals surface area contributed by atoms with E-state index in [4.69, 9.17) is 9.47 Å². The van der Waals surface area contributed by atoms with Gasteiger partial charge in [0.2, 0.25) is 0 Å². The molecule has 5 nitrogen and oxygen atoms in total. The molecule has 0 saturated carbocycles. The summed E-state index contributed by atoms with van der Waals surface area (Å²) in [4.78, 5) is 4.56. The first-order valence-corrected chi connectivity index (χ1v) is 9.80. The van der Waals surface area contributed by atoms with Crippen LogP contribution in [0, 0.1) is 6.92 Å². The first-order valence-electron chi connectivity index (χ1n) is 9.80. The normalized spacial score (nSPS) is 17.0. The van der Waals surface area contributed by atoms with Crippen molar-refractivity contribution in [3.63, 3.8) is 0 Å². The Kier molecular flexibility index (Phi) is 11.7. The van der Waals surface area contributed by atoms with Gasteiger partial charge in [0.25, 0.3) is 0 Å². The van der Waals surface area contributed by atoms with E-state index in [0.717, 1.165) is 23.3 Å². The molecular weight excluding hydrogens is 498 g/mol. The van der Waals surface area contributed by atoms with Crippen LogP contribution in [0.3, 0.4) is 0 Å². The van der Waals surface area contributed by atoms with E-state index in [1.165, 1.54) is 0 Å². The fourth-order valence-electron chi connectivity index (χ4n) is 2.85. The van der Waals surface area contributed by atoms with E-state index in [2.05, 4.69) is 15.6 Å². The predicted molar refractivity (Wildman–Crippen MR) is 119 cm³/mol. The Morgan fingerprint density at radius 3 is 2.72 bits per heavy atom. The molecule has 166 valence electrons. The highest BCUT2D eigenvalue weighted by Gasteiger charge is 2.25. The summed E-state index contributed by atoms with van der Waals surface area (Å²) in [7, 11) is 0. The number of hydrogen-bond donors (Lipinski definition) is 2. The lowest BCUT2D eigenvalue weighted by molar-refractivity contribution is -0.135. The van der Waals surface area contributed by atoms with Gasteiger partial charge in [0.05, 0.1) is 19.8 Å². The van der Waals surface area contributed by atoms with E-state index < -0.39 is 12.6 Å². The third-order valence-electron chi connectivity index (χ3n) is 4.34. The van der Waals surface area contributed by atoms with Gasteiger partial charge in [-0.15, -0.1) is 24.0 Å². The van der Waals surface area contributed by atoms with Gasteiger partial charge >= 0.3 is 6.18 Å². The number of ether oxygens (including phenoxy) is 2. The molecule has 1 aliphatic heterocycles. The maximum absolute atomic E-state index is 12.2. The molecule has 1 heterocycles. The van der Waals surface area contributed by atoms with Crippen molar-refractivity contribution in [1.29, 1.82) is 0 Å². The summed E-state index contributed by atoms with van der Waals surface area (Å²) in [5.41, 5.74) is 2.07. The molecule has 9 heteroatoms. The quantitative estimate of drug-likeness (QED) is 0.213. The lowest BCUT2D eigenvalue weighted by Crippen LogP contribution is -2.37. The van der Waals surface area contributed by atoms with Gasteiger partial charge in [-0.05, 0) is 38.3 Å².